The van der Waals surface area contributed by atoms with Gasteiger partial charge < -0.3 is 5.32 Å². The zero-order chi connectivity index (χ0) is 12.2. The lowest BCUT2D eigenvalue weighted by Gasteiger charge is -2.09. The van der Waals surface area contributed by atoms with Gasteiger partial charge in [-0.05, 0) is 31.7 Å². The van der Waals surface area contributed by atoms with Crippen LogP contribution in [0.25, 0.3) is 0 Å². The minimum absolute atomic E-state index is 0.222. The van der Waals surface area contributed by atoms with Crippen LogP contribution in [-0.2, 0) is 10.0 Å². The van der Waals surface area contributed by atoms with Crippen molar-refractivity contribution < 1.29 is 8.42 Å². The first kappa shape index (κ1) is 12.6. The molecule has 0 aromatic heterocycles. The van der Waals surface area contributed by atoms with Gasteiger partial charge in [-0.15, -0.1) is 6.42 Å². The molecule has 16 heavy (non-hydrogen) atoms. The summed E-state index contributed by atoms with van der Waals surface area (Å²) in [5, 5.41) is 2.97. The number of sulfonamides is 1. The van der Waals surface area contributed by atoms with Gasteiger partial charge in [0.15, 0.2) is 0 Å². The van der Waals surface area contributed by atoms with Crippen molar-refractivity contribution in [3.8, 4) is 12.3 Å². The van der Waals surface area contributed by atoms with Crippen LogP contribution in [0, 0.1) is 19.3 Å². The summed E-state index contributed by atoms with van der Waals surface area (Å²) in [5.41, 5.74) is 1.68. The fourth-order valence-corrected chi connectivity index (χ4v) is 1.98. The van der Waals surface area contributed by atoms with Gasteiger partial charge in [0, 0.05) is 5.69 Å². The van der Waals surface area contributed by atoms with Crippen LogP contribution in [0.5, 0.6) is 0 Å². The molecule has 1 aromatic carbocycles. The van der Waals surface area contributed by atoms with E-state index in [0.717, 1.165) is 11.3 Å². The molecule has 0 spiro atoms. The van der Waals surface area contributed by atoms with Crippen LogP contribution in [0.3, 0.4) is 0 Å². The molecule has 1 rings (SSSR count). The molecule has 0 aliphatic rings. The van der Waals surface area contributed by atoms with Crippen LogP contribution in [0.15, 0.2) is 23.1 Å². The summed E-state index contributed by atoms with van der Waals surface area (Å²) < 4.78 is 25.4. The number of benzene rings is 1. The molecule has 0 saturated carbocycles. The summed E-state index contributed by atoms with van der Waals surface area (Å²) in [6, 6.07) is 4.86. The molecule has 0 saturated heterocycles. The molecule has 0 unspecified atom stereocenters. The molecule has 0 aliphatic heterocycles. The first-order chi connectivity index (χ1) is 7.51. The van der Waals surface area contributed by atoms with Gasteiger partial charge >= 0.3 is 0 Å². The standard InChI is InChI=1S/C11H14N2O2S/c1-4-7-13-11-8-10(6-5-9(11)2)16(14,15)12-3/h1,5-6,8,12-13H,7H2,2-3H3. The van der Waals surface area contributed by atoms with Crippen molar-refractivity contribution >= 4 is 15.7 Å². The fourth-order valence-electron chi connectivity index (χ4n) is 1.22. The molecule has 86 valence electrons. The highest BCUT2D eigenvalue weighted by molar-refractivity contribution is 7.89. The molecule has 0 amide bonds. The van der Waals surface area contributed by atoms with Gasteiger partial charge in [-0.1, -0.05) is 12.0 Å². The highest BCUT2D eigenvalue weighted by Gasteiger charge is 2.12. The Morgan fingerprint density at radius 1 is 1.44 bits per heavy atom. The Kier molecular flexibility index (Phi) is 3.93. The Balaban J connectivity index is 3.13. The lowest BCUT2D eigenvalue weighted by molar-refractivity contribution is 0.588. The normalized spacial score (nSPS) is 10.8. The smallest absolute Gasteiger partial charge is 0.240 e. The molecule has 0 aliphatic carbocycles. The molecular weight excluding hydrogens is 224 g/mol. The number of nitrogens with one attached hydrogen (secondary N) is 2. The number of aryl methyl sites for hydroxylation is 1. The lowest BCUT2D eigenvalue weighted by atomic mass is 10.2. The quantitative estimate of drug-likeness (QED) is 0.768. The van der Waals surface area contributed by atoms with Crippen molar-refractivity contribution in [1.29, 1.82) is 0 Å². The molecule has 4 nitrogen and oxygen atoms in total. The molecule has 0 bridgehead atoms. The minimum Gasteiger partial charge on any atom is -0.374 e. The van der Waals surface area contributed by atoms with Crippen molar-refractivity contribution in [3.05, 3.63) is 23.8 Å². The van der Waals surface area contributed by atoms with Crippen molar-refractivity contribution in [3.63, 3.8) is 0 Å². The van der Waals surface area contributed by atoms with E-state index in [1.54, 1.807) is 18.2 Å². The van der Waals surface area contributed by atoms with Gasteiger partial charge in [0.25, 0.3) is 0 Å². The number of rotatable bonds is 4. The summed E-state index contributed by atoms with van der Waals surface area (Å²) in [4.78, 5) is 0.222. The number of anilines is 1. The van der Waals surface area contributed by atoms with E-state index < -0.39 is 10.0 Å². The zero-order valence-corrected chi connectivity index (χ0v) is 10.1. The van der Waals surface area contributed by atoms with Crippen molar-refractivity contribution in [1.82, 2.24) is 4.72 Å². The van der Waals surface area contributed by atoms with E-state index >= 15 is 0 Å². The van der Waals surface area contributed by atoms with Crippen molar-refractivity contribution in [2.24, 2.45) is 0 Å². The second-order valence-electron chi connectivity index (χ2n) is 3.24. The third kappa shape index (κ3) is 2.75. The SMILES string of the molecule is C#CCNc1cc(S(=O)(=O)NC)ccc1C. The van der Waals surface area contributed by atoms with Gasteiger partial charge in [0.05, 0.1) is 11.4 Å². The van der Waals surface area contributed by atoms with E-state index in [4.69, 9.17) is 6.42 Å². The van der Waals surface area contributed by atoms with E-state index in [-0.39, 0.29) is 4.90 Å². The van der Waals surface area contributed by atoms with Crippen LogP contribution in [0.4, 0.5) is 5.69 Å². The molecule has 1 aromatic rings. The van der Waals surface area contributed by atoms with E-state index in [1.807, 2.05) is 6.92 Å². The average Bonchev–Trinajstić information content (AvgIpc) is 2.27. The monoisotopic (exact) mass is 238 g/mol. The van der Waals surface area contributed by atoms with Crippen LogP contribution < -0.4 is 10.0 Å². The fraction of sp³-hybridized carbons (Fsp3) is 0.273. The highest BCUT2D eigenvalue weighted by atomic mass is 32.2. The van der Waals surface area contributed by atoms with E-state index in [2.05, 4.69) is 16.0 Å². The maximum Gasteiger partial charge on any atom is 0.240 e. The largest absolute Gasteiger partial charge is 0.374 e. The predicted molar refractivity (Wildman–Crippen MR) is 64.7 cm³/mol. The van der Waals surface area contributed by atoms with Gasteiger partial charge in [-0.3, -0.25) is 0 Å². The summed E-state index contributed by atoms with van der Waals surface area (Å²) in [6.45, 7) is 2.25. The number of hydrogen-bond acceptors (Lipinski definition) is 3. The van der Waals surface area contributed by atoms with Gasteiger partial charge in [-0.2, -0.15) is 0 Å². The van der Waals surface area contributed by atoms with Crippen LogP contribution >= 0.6 is 0 Å². The second-order valence-corrected chi connectivity index (χ2v) is 5.13. The van der Waals surface area contributed by atoms with Crippen LogP contribution in [0.1, 0.15) is 5.56 Å². The summed E-state index contributed by atoms with van der Waals surface area (Å²) in [5.74, 6) is 2.44. The molecule has 2 N–H and O–H groups in total. The third-order valence-electron chi connectivity index (χ3n) is 2.17. The highest BCUT2D eigenvalue weighted by Crippen LogP contribution is 2.19. The third-order valence-corrected chi connectivity index (χ3v) is 3.58. The van der Waals surface area contributed by atoms with E-state index in [0.29, 0.717) is 6.54 Å². The van der Waals surface area contributed by atoms with Crippen molar-refractivity contribution in [2.75, 3.05) is 18.9 Å². The van der Waals surface area contributed by atoms with Gasteiger partial charge in [0.2, 0.25) is 10.0 Å². The summed E-state index contributed by atoms with van der Waals surface area (Å²) >= 11 is 0. The maximum atomic E-state index is 11.6. The van der Waals surface area contributed by atoms with Crippen LogP contribution in [-0.4, -0.2) is 22.0 Å². The molecule has 0 atom stereocenters. The Labute approximate surface area is 96.1 Å². The topological polar surface area (TPSA) is 58.2 Å². The van der Waals surface area contributed by atoms with Crippen molar-refractivity contribution in [2.45, 2.75) is 11.8 Å². The predicted octanol–water partition coefficient (Wildman–Crippen LogP) is 0.948. The minimum atomic E-state index is -3.40. The van der Waals surface area contributed by atoms with Crippen LogP contribution in [0.2, 0.25) is 0 Å². The molecule has 5 heteroatoms. The Morgan fingerprint density at radius 2 is 2.12 bits per heavy atom. The molecular formula is C11H14N2O2S. The first-order valence-corrected chi connectivity index (χ1v) is 6.21. The summed E-state index contributed by atoms with van der Waals surface area (Å²) in [7, 11) is -2.03. The maximum absolute atomic E-state index is 11.6. The van der Waals surface area contributed by atoms with Gasteiger partial charge in [0.1, 0.15) is 0 Å². The zero-order valence-electron chi connectivity index (χ0n) is 9.24. The van der Waals surface area contributed by atoms with Gasteiger partial charge in [-0.25, -0.2) is 13.1 Å². The van der Waals surface area contributed by atoms with E-state index in [1.165, 1.54) is 7.05 Å². The Morgan fingerprint density at radius 3 is 2.69 bits per heavy atom. The van der Waals surface area contributed by atoms with E-state index in [9.17, 15) is 8.42 Å². The molecule has 0 fully saturated rings. The average molecular weight is 238 g/mol. The molecule has 0 heterocycles. The number of hydrogen-bond donors (Lipinski definition) is 2. The first-order valence-electron chi connectivity index (χ1n) is 4.73. The lowest BCUT2D eigenvalue weighted by Crippen LogP contribution is -2.18. The second kappa shape index (κ2) is 5.01. The Hall–Kier alpha value is -1.51. The summed E-state index contributed by atoms with van der Waals surface area (Å²) in [6.07, 6.45) is 5.13. The number of terminal acetylenes is 1. The molecule has 0 radical (unpaired) electrons. The Bertz CT molecular complexity index is 515.